The first-order valence-corrected chi connectivity index (χ1v) is 6.59. The van der Waals surface area contributed by atoms with Crippen LogP contribution in [0.2, 0.25) is 0 Å². The van der Waals surface area contributed by atoms with Gasteiger partial charge in [0.25, 0.3) is 5.56 Å². The number of hydrogen-bond acceptors (Lipinski definition) is 2. The molecular weight excluding hydrogens is 248 g/mol. The second-order valence-corrected chi connectivity index (χ2v) is 5.02. The molecule has 0 radical (unpaired) electrons. The summed E-state index contributed by atoms with van der Waals surface area (Å²) in [5.41, 5.74) is 9.92. The third kappa shape index (κ3) is 2.24. The molecule has 1 unspecified atom stereocenters. The van der Waals surface area contributed by atoms with Crippen molar-refractivity contribution >= 4 is 10.9 Å². The van der Waals surface area contributed by atoms with Crippen LogP contribution in [0.3, 0.4) is 0 Å². The van der Waals surface area contributed by atoms with Gasteiger partial charge >= 0.3 is 0 Å². The van der Waals surface area contributed by atoms with Crippen LogP contribution in [-0.4, -0.2) is 4.98 Å². The Bertz CT molecular complexity index is 806. The number of pyridine rings is 1. The molecule has 3 N–H and O–H groups in total. The molecule has 0 saturated carbocycles. The van der Waals surface area contributed by atoms with Gasteiger partial charge in [0.2, 0.25) is 0 Å². The van der Waals surface area contributed by atoms with Gasteiger partial charge < -0.3 is 10.7 Å². The maximum absolute atomic E-state index is 11.6. The lowest BCUT2D eigenvalue weighted by Gasteiger charge is -2.13. The van der Waals surface area contributed by atoms with E-state index >= 15 is 0 Å². The third-order valence-corrected chi connectivity index (χ3v) is 3.57. The maximum Gasteiger partial charge on any atom is 0.251 e. The van der Waals surface area contributed by atoms with E-state index in [1.54, 1.807) is 0 Å². The number of aromatic amines is 1. The SMILES string of the molecule is Cc1cc2cc(C(N)c3ccccc3)ccc2[nH]c1=O. The Balaban J connectivity index is 2.09. The summed E-state index contributed by atoms with van der Waals surface area (Å²) in [4.78, 5) is 14.5. The Kier molecular flexibility index (Phi) is 3.12. The zero-order valence-corrected chi connectivity index (χ0v) is 11.3. The van der Waals surface area contributed by atoms with Gasteiger partial charge in [-0.1, -0.05) is 36.4 Å². The van der Waals surface area contributed by atoms with Crippen LogP contribution in [0.25, 0.3) is 10.9 Å². The molecule has 2 aromatic carbocycles. The minimum atomic E-state index is -0.159. The van der Waals surface area contributed by atoms with Crippen LogP contribution >= 0.6 is 0 Å². The van der Waals surface area contributed by atoms with Crippen molar-refractivity contribution in [1.29, 1.82) is 0 Å². The lowest BCUT2D eigenvalue weighted by Crippen LogP contribution is -2.12. The normalized spacial score (nSPS) is 12.5. The molecule has 100 valence electrons. The van der Waals surface area contributed by atoms with E-state index < -0.39 is 0 Å². The smallest absolute Gasteiger partial charge is 0.251 e. The van der Waals surface area contributed by atoms with Crippen molar-refractivity contribution in [2.45, 2.75) is 13.0 Å². The van der Waals surface area contributed by atoms with E-state index in [0.717, 1.165) is 22.0 Å². The number of hydrogen-bond donors (Lipinski definition) is 2. The molecule has 20 heavy (non-hydrogen) atoms. The van der Waals surface area contributed by atoms with Crippen molar-refractivity contribution in [2.75, 3.05) is 0 Å². The number of H-pyrrole nitrogens is 1. The zero-order chi connectivity index (χ0) is 14.1. The quantitative estimate of drug-likeness (QED) is 0.747. The van der Waals surface area contributed by atoms with Crippen molar-refractivity contribution < 1.29 is 0 Å². The highest BCUT2D eigenvalue weighted by Gasteiger charge is 2.09. The molecule has 0 aliphatic rings. The number of benzene rings is 2. The van der Waals surface area contributed by atoms with Crippen molar-refractivity contribution in [3.8, 4) is 0 Å². The molecule has 3 rings (SSSR count). The van der Waals surface area contributed by atoms with Crippen LogP contribution < -0.4 is 11.3 Å². The maximum atomic E-state index is 11.6. The number of rotatable bonds is 2. The van der Waals surface area contributed by atoms with Crippen LogP contribution in [-0.2, 0) is 0 Å². The first-order valence-electron chi connectivity index (χ1n) is 6.59. The van der Waals surface area contributed by atoms with E-state index in [1.807, 2.05) is 61.5 Å². The highest BCUT2D eigenvalue weighted by Crippen LogP contribution is 2.22. The van der Waals surface area contributed by atoms with E-state index in [9.17, 15) is 4.79 Å². The molecular formula is C17H16N2O. The average molecular weight is 264 g/mol. The van der Waals surface area contributed by atoms with Gasteiger partial charge in [0.05, 0.1) is 6.04 Å². The van der Waals surface area contributed by atoms with Crippen molar-refractivity contribution in [2.24, 2.45) is 5.73 Å². The fourth-order valence-electron chi connectivity index (χ4n) is 2.38. The van der Waals surface area contributed by atoms with Crippen LogP contribution in [0.4, 0.5) is 0 Å². The van der Waals surface area contributed by atoms with Gasteiger partial charge in [-0.2, -0.15) is 0 Å². The van der Waals surface area contributed by atoms with E-state index in [0.29, 0.717) is 5.56 Å². The largest absolute Gasteiger partial charge is 0.322 e. The highest BCUT2D eigenvalue weighted by atomic mass is 16.1. The number of nitrogens with two attached hydrogens (primary N) is 1. The van der Waals surface area contributed by atoms with Crippen LogP contribution in [0.1, 0.15) is 22.7 Å². The van der Waals surface area contributed by atoms with E-state index in [4.69, 9.17) is 5.73 Å². The molecule has 0 amide bonds. The molecule has 1 aromatic heterocycles. The van der Waals surface area contributed by atoms with Crippen LogP contribution in [0.5, 0.6) is 0 Å². The predicted octanol–water partition coefficient (Wildman–Crippen LogP) is 2.88. The van der Waals surface area contributed by atoms with E-state index in [2.05, 4.69) is 4.98 Å². The third-order valence-electron chi connectivity index (χ3n) is 3.57. The average Bonchev–Trinajstić information content (AvgIpc) is 2.48. The molecule has 3 nitrogen and oxygen atoms in total. The van der Waals surface area contributed by atoms with Crippen LogP contribution in [0, 0.1) is 6.92 Å². The van der Waals surface area contributed by atoms with Gasteiger partial charge in [0.1, 0.15) is 0 Å². The van der Waals surface area contributed by atoms with Gasteiger partial charge in [0, 0.05) is 11.1 Å². The fourth-order valence-corrected chi connectivity index (χ4v) is 2.38. The lowest BCUT2D eigenvalue weighted by molar-refractivity contribution is 0.873. The molecule has 0 aliphatic carbocycles. The van der Waals surface area contributed by atoms with Crippen molar-refractivity contribution in [3.05, 3.63) is 81.6 Å². The Morgan fingerprint density at radius 3 is 2.50 bits per heavy atom. The summed E-state index contributed by atoms with van der Waals surface area (Å²) >= 11 is 0. The summed E-state index contributed by atoms with van der Waals surface area (Å²) < 4.78 is 0. The molecule has 0 aliphatic heterocycles. The molecule has 0 spiro atoms. The van der Waals surface area contributed by atoms with E-state index in [-0.39, 0.29) is 11.6 Å². The first kappa shape index (κ1) is 12.6. The number of nitrogens with one attached hydrogen (secondary N) is 1. The minimum Gasteiger partial charge on any atom is -0.322 e. The second kappa shape index (κ2) is 4.94. The Morgan fingerprint density at radius 2 is 1.75 bits per heavy atom. The van der Waals surface area contributed by atoms with Crippen LogP contribution in [0.15, 0.2) is 59.4 Å². The molecule has 3 aromatic rings. The number of aromatic nitrogens is 1. The van der Waals surface area contributed by atoms with Crippen molar-refractivity contribution in [3.63, 3.8) is 0 Å². The second-order valence-electron chi connectivity index (χ2n) is 5.02. The Hall–Kier alpha value is -2.39. The summed E-state index contributed by atoms with van der Waals surface area (Å²) in [6, 6.07) is 17.6. The molecule has 0 saturated heterocycles. The predicted molar refractivity (Wildman–Crippen MR) is 81.8 cm³/mol. The molecule has 1 atom stereocenters. The Morgan fingerprint density at radius 1 is 1.00 bits per heavy atom. The van der Waals surface area contributed by atoms with Gasteiger partial charge in [-0.15, -0.1) is 0 Å². The summed E-state index contributed by atoms with van der Waals surface area (Å²) in [6.45, 7) is 1.81. The molecule has 0 fully saturated rings. The number of aryl methyl sites for hydroxylation is 1. The topological polar surface area (TPSA) is 58.9 Å². The zero-order valence-electron chi connectivity index (χ0n) is 11.3. The summed E-state index contributed by atoms with van der Waals surface area (Å²) in [7, 11) is 0. The van der Waals surface area contributed by atoms with Gasteiger partial charge in [-0.25, -0.2) is 0 Å². The van der Waals surface area contributed by atoms with Crippen molar-refractivity contribution in [1.82, 2.24) is 4.98 Å². The Labute approximate surface area is 117 Å². The van der Waals surface area contributed by atoms with Gasteiger partial charge in [-0.3, -0.25) is 4.79 Å². The van der Waals surface area contributed by atoms with Gasteiger partial charge in [0.15, 0.2) is 0 Å². The number of fused-ring (bicyclic) bond motifs is 1. The highest BCUT2D eigenvalue weighted by molar-refractivity contribution is 5.80. The summed E-state index contributed by atoms with van der Waals surface area (Å²) in [5, 5.41) is 1.01. The van der Waals surface area contributed by atoms with E-state index in [1.165, 1.54) is 0 Å². The van der Waals surface area contributed by atoms with Gasteiger partial charge in [-0.05, 0) is 41.6 Å². The monoisotopic (exact) mass is 264 g/mol. The molecule has 1 heterocycles. The summed E-state index contributed by atoms with van der Waals surface area (Å²) in [6.07, 6.45) is 0. The molecule has 0 bridgehead atoms. The first-order chi connectivity index (χ1) is 9.65. The standard InChI is InChI=1S/C17H16N2O/c1-11-9-14-10-13(7-8-15(14)19-17(11)20)16(18)12-5-3-2-4-6-12/h2-10,16H,18H2,1H3,(H,19,20). The molecule has 3 heteroatoms. The summed E-state index contributed by atoms with van der Waals surface area (Å²) in [5.74, 6) is 0. The lowest BCUT2D eigenvalue weighted by atomic mass is 9.98. The fraction of sp³-hybridized carbons (Fsp3) is 0.118. The minimum absolute atomic E-state index is 0.0439.